The van der Waals surface area contributed by atoms with E-state index in [0.29, 0.717) is 54.3 Å². The molecule has 0 atom stereocenters. The molecule has 11 heteroatoms. The minimum atomic E-state index is -4.44. The zero-order valence-electron chi connectivity index (χ0n) is 17.0. The number of halogens is 3. The summed E-state index contributed by atoms with van der Waals surface area (Å²) in [5, 5.41) is 7.47. The third kappa shape index (κ3) is 7.62. The maximum absolute atomic E-state index is 12.6. The van der Waals surface area contributed by atoms with E-state index < -0.39 is 11.9 Å². The highest BCUT2D eigenvalue weighted by atomic mass is 32.1. The monoisotopic (exact) mass is 446 g/mol. The van der Waals surface area contributed by atoms with Crippen molar-refractivity contribution in [3.63, 3.8) is 0 Å². The molecule has 0 amide bonds. The van der Waals surface area contributed by atoms with E-state index in [0.717, 1.165) is 16.7 Å². The molecular formula is C19H25F3N4O3S. The van der Waals surface area contributed by atoms with Crippen LogP contribution in [-0.2, 0) is 12.7 Å². The van der Waals surface area contributed by atoms with Crippen LogP contribution < -0.4 is 24.8 Å². The third-order valence-corrected chi connectivity index (χ3v) is 4.60. The van der Waals surface area contributed by atoms with Gasteiger partial charge >= 0.3 is 6.18 Å². The second-order valence-electron chi connectivity index (χ2n) is 6.00. The summed E-state index contributed by atoms with van der Waals surface area (Å²) in [5.74, 6) is 2.42. The molecule has 0 radical (unpaired) electrons. The lowest BCUT2D eigenvalue weighted by Gasteiger charge is -2.12. The minimum absolute atomic E-state index is 0.0657. The number of alkyl halides is 3. The van der Waals surface area contributed by atoms with Crippen LogP contribution in [0.4, 0.5) is 13.2 Å². The molecule has 2 aromatic rings. The Morgan fingerprint density at radius 2 is 1.77 bits per heavy atom. The van der Waals surface area contributed by atoms with Gasteiger partial charge in [-0.3, -0.25) is 0 Å². The van der Waals surface area contributed by atoms with Crippen molar-refractivity contribution in [2.45, 2.75) is 26.1 Å². The number of aliphatic imine (C=N–C) groups is 1. The average Bonchev–Trinajstić information content (AvgIpc) is 3.21. The van der Waals surface area contributed by atoms with E-state index in [9.17, 15) is 13.2 Å². The molecule has 0 aliphatic rings. The fraction of sp³-hybridized carbons (Fsp3) is 0.474. The zero-order chi connectivity index (χ0) is 22.0. The van der Waals surface area contributed by atoms with Gasteiger partial charge < -0.3 is 24.8 Å². The summed E-state index contributed by atoms with van der Waals surface area (Å²) in [6.45, 7) is 3.61. The van der Waals surface area contributed by atoms with E-state index in [1.807, 2.05) is 6.92 Å². The number of thiazole rings is 1. The van der Waals surface area contributed by atoms with E-state index in [1.165, 1.54) is 0 Å². The summed E-state index contributed by atoms with van der Waals surface area (Å²) in [5.41, 5.74) is -0.887. The highest BCUT2D eigenvalue weighted by Gasteiger charge is 2.33. The van der Waals surface area contributed by atoms with Crippen LogP contribution in [0.25, 0.3) is 0 Å². The van der Waals surface area contributed by atoms with Gasteiger partial charge in [-0.05, 0) is 13.3 Å². The van der Waals surface area contributed by atoms with Gasteiger partial charge in [0.2, 0.25) is 0 Å². The first-order valence-electron chi connectivity index (χ1n) is 9.25. The van der Waals surface area contributed by atoms with E-state index >= 15 is 0 Å². The Morgan fingerprint density at radius 1 is 1.10 bits per heavy atom. The molecule has 0 spiro atoms. The quantitative estimate of drug-likeness (QED) is 0.329. The van der Waals surface area contributed by atoms with Gasteiger partial charge in [0, 0.05) is 36.7 Å². The first-order valence-corrected chi connectivity index (χ1v) is 10.1. The molecule has 0 unspecified atom stereocenters. The second-order valence-corrected chi connectivity index (χ2v) is 6.94. The lowest BCUT2D eigenvalue weighted by molar-refractivity contribution is -0.140. The van der Waals surface area contributed by atoms with Crippen LogP contribution >= 0.6 is 11.3 Å². The SMILES string of the molecule is CCNC(=NCc1nc(C(F)(F)F)cs1)NCCCOc1cc(OC)cc(OC)c1. The first kappa shape index (κ1) is 23.6. The number of guanidine groups is 1. The Morgan fingerprint density at radius 3 is 2.33 bits per heavy atom. The van der Waals surface area contributed by atoms with Crippen LogP contribution in [0.15, 0.2) is 28.6 Å². The maximum atomic E-state index is 12.6. The van der Waals surface area contributed by atoms with Crippen molar-refractivity contribution >= 4 is 17.3 Å². The van der Waals surface area contributed by atoms with Crippen molar-refractivity contribution in [3.8, 4) is 17.2 Å². The first-order chi connectivity index (χ1) is 14.4. The predicted octanol–water partition coefficient (Wildman–Crippen LogP) is 3.70. The summed E-state index contributed by atoms with van der Waals surface area (Å²) in [6, 6.07) is 5.29. The van der Waals surface area contributed by atoms with Gasteiger partial charge in [-0.15, -0.1) is 11.3 Å². The summed E-state index contributed by atoms with van der Waals surface area (Å²) >= 11 is 0.938. The predicted molar refractivity (Wildman–Crippen MR) is 110 cm³/mol. The molecule has 2 N–H and O–H groups in total. The van der Waals surface area contributed by atoms with Gasteiger partial charge in [-0.1, -0.05) is 0 Å². The Balaban J connectivity index is 1.80. The van der Waals surface area contributed by atoms with Crippen LogP contribution in [0.3, 0.4) is 0 Å². The summed E-state index contributed by atoms with van der Waals surface area (Å²) < 4.78 is 54.0. The number of methoxy groups -OCH3 is 2. The van der Waals surface area contributed by atoms with E-state index in [1.54, 1.807) is 32.4 Å². The highest BCUT2D eigenvalue weighted by Crippen LogP contribution is 2.30. The molecule has 2 rings (SSSR count). The Hall–Kier alpha value is -2.69. The number of aromatic nitrogens is 1. The number of hydrogen-bond acceptors (Lipinski definition) is 6. The van der Waals surface area contributed by atoms with Gasteiger partial charge in [0.15, 0.2) is 11.7 Å². The molecule has 0 saturated heterocycles. The number of benzene rings is 1. The van der Waals surface area contributed by atoms with Crippen molar-refractivity contribution in [1.29, 1.82) is 0 Å². The number of ether oxygens (including phenoxy) is 3. The van der Waals surface area contributed by atoms with Crippen molar-refractivity contribution in [2.24, 2.45) is 4.99 Å². The summed E-state index contributed by atoms with van der Waals surface area (Å²) in [6.07, 6.45) is -3.76. The van der Waals surface area contributed by atoms with Gasteiger partial charge in [0.05, 0.1) is 27.4 Å². The molecular weight excluding hydrogens is 421 g/mol. The summed E-state index contributed by atoms with van der Waals surface area (Å²) in [7, 11) is 3.14. The minimum Gasteiger partial charge on any atom is -0.496 e. The van der Waals surface area contributed by atoms with Crippen molar-refractivity contribution < 1.29 is 27.4 Å². The number of hydrogen-bond donors (Lipinski definition) is 2. The molecule has 0 bridgehead atoms. The van der Waals surface area contributed by atoms with Gasteiger partial charge in [0.1, 0.15) is 22.3 Å². The van der Waals surface area contributed by atoms with Crippen LogP contribution in [0.5, 0.6) is 17.2 Å². The van der Waals surface area contributed by atoms with Crippen LogP contribution in [-0.4, -0.2) is 44.9 Å². The topological polar surface area (TPSA) is 77.0 Å². The van der Waals surface area contributed by atoms with Crippen LogP contribution in [0, 0.1) is 0 Å². The molecule has 0 aliphatic heterocycles. The third-order valence-electron chi connectivity index (χ3n) is 3.77. The summed E-state index contributed by atoms with van der Waals surface area (Å²) in [4.78, 5) is 7.86. The second kappa shape index (κ2) is 11.5. The molecule has 30 heavy (non-hydrogen) atoms. The molecule has 0 fully saturated rings. The van der Waals surface area contributed by atoms with Gasteiger partial charge in [0.25, 0.3) is 0 Å². The Kier molecular flexibility index (Phi) is 9.03. The molecule has 0 saturated carbocycles. The average molecular weight is 446 g/mol. The number of nitrogens with zero attached hydrogens (tertiary/aromatic N) is 2. The lowest BCUT2D eigenvalue weighted by Crippen LogP contribution is -2.38. The molecule has 7 nitrogen and oxygen atoms in total. The van der Waals surface area contributed by atoms with Gasteiger partial charge in [-0.25, -0.2) is 9.98 Å². The Labute approximate surface area is 177 Å². The molecule has 1 heterocycles. The highest BCUT2D eigenvalue weighted by molar-refractivity contribution is 7.09. The van der Waals surface area contributed by atoms with Crippen molar-refractivity contribution in [2.75, 3.05) is 33.9 Å². The molecule has 0 aliphatic carbocycles. The number of rotatable bonds is 10. The zero-order valence-corrected chi connectivity index (χ0v) is 17.8. The van der Waals surface area contributed by atoms with Crippen molar-refractivity contribution in [3.05, 3.63) is 34.3 Å². The number of nitrogens with one attached hydrogen (secondary N) is 2. The standard InChI is InChI=1S/C19H25F3N4O3S/c1-4-23-18(25-11-17-26-16(12-30-17)19(20,21)22)24-6-5-7-29-15-9-13(27-2)8-14(10-15)28-3/h8-10,12H,4-7,11H2,1-3H3,(H2,23,24,25). The van der Waals surface area contributed by atoms with Crippen LogP contribution in [0.2, 0.25) is 0 Å². The fourth-order valence-electron chi connectivity index (χ4n) is 2.34. The van der Waals surface area contributed by atoms with E-state index in [-0.39, 0.29) is 6.54 Å². The Bertz CT molecular complexity index is 805. The van der Waals surface area contributed by atoms with E-state index in [2.05, 4.69) is 20.6 Å². The lowest BCUT2D eigenvalue weighted by atomic mass is 10.3. The van der Waals surface area contributed by atoms with Crippen LogP contribution in [0.1, 0.15) is 24.0 Å². The fourth-order valence-corrected chi connectivity index (χ4v) is 3.06. The van der Waals surface area contributed by atoms with Gasteiger partial charge in [-0.2, -0.15) is 13.2 Å². The molecule has 166 valence electrons. The molecule has 1 aromatic carbocycles. The maximum Gasteiger partial charge on any atom is 0.434 e. The van der Waals surface area contributed by atoms with E-state index in [4.69, 9.17) is 14.2 Å². The largest absolute Gasteiger partial charge is 0.496 e. The van der Waals surface area contributed by atoms with Crippen molar-refractivity contribution in [1.82, 2.24) is 15.6 Å². The molecule has 1 aromatic heterocycles. The normalized spacial score (nSPS) is 11.9. The smallest absolute Gasteiger partial charge is 0.434 e.